The summed E-state index contributed by atoms with van der Waals surface area (Å²) in [5, 5.41) is 29.7. The van der Waals surface area contributed by atoms with E-state index in [9.17, 15) is 61.1 Å². The van der Waals surface area contributed by atoms with E-state index in [2.05, 4.69) is 23.8 Å². The normalized spacial score (nSPS) is 13.4. The largest absolute Gasteiger partial charge is 0.778 e. The molecule has 69 heavy (non-hydrogen) atoms. The number of hydrogen-bond donors (Lipinski definition) is 4. The number of nitrogens with one attached hydrogen (secondary N) is 1. The number of benzene rings is 3. The number of carboxylic acid groups (broad SMARTS) is 2. The summed E-state index contributed by atoms with van der Waals surface area (Å²) < 4.78 is 80.7. The number of alkyl halides is 3. The van der Waals surface area contributed by atoms with Crippen molar-refractivity contribution >= 4 is 100 Å². The number of ether oxygens (including phenoxy) is 3. The average molecular weight is 1100 g/mol. The van der Waals surface area contributed by atoms with Crippen LogP contribution in [0, 0.1) is 15.9 Å². The Morgan fingerprint density at radius 1 is 1.03 bits per heavy atom. The first-order valence-electron chi connectivity index (χ1n) is 19.4. The van der Waals surface area contributed by atoms with Crippen molar-refractivity contribution in [2.75, 3.05) is 44.0 Å². The molecule has 5 rings (SSSR count). The summed E-state index contributed by atoms with van der Waals surface area (Å²) in [5.74, 6) is -5.32. The molecule has 2 unspecified atom stereocenters. The monoisotopic (exact) mass is 1100 g/mol. The number of fused-ring (bicyclic) bond motifs is 1. The fourth-order valence-electron chi connectivity index (χ4n) is 5.00. The second-order valence-corrected chi connectivity index (χ2v) is 20.7. The number of esters is 2. The molecule has 20 nitrogen and oxygen atoms in total. The molecule has 0 aliphatic carbocycles. The van der Waals surface area contributed by atoms with Crippen molar-refractivity contribution < 1.29 is 80.4 Å². The Morgan fingerprint density at radius 3 is 2.19 bits per heavy atom. The van der Waals surface area contributed by atoms with Crippen LogP contribution < -0.4 is 24.6 Å². The number of carbonyl (C=O) groups excluding carboxylic acids is 2. The lowest BCUT2D eigenvalue weighted by atomic mass is 10.1. The van der Waals surface area contributed by atoms with Crippen LogP contribution >= 0.6 is 53.9 Å². The third kappa shape index (κ3) is 21.3. The molecule has 1 aliphatic heterocycles. The van der Waals surface area contributed by atoms with Gasteiger partial charge in [0, 0.05) is 30.1 Å². The number of nitro groups is 1. The van der Waals surface area contributed by atoms with Gasteiger partial charge >= 0.3 is 34.9 Å². The molecule has 1 aliphatic rings. The Morgan fingerprint density at radius 2 is 1.65 bits per heavy atom. The highest BCUT2D eigenvalue weighted by Gasteiger charge is 2.31. The van der Waals surface area contributed by atoms with Crippen molar-refractivity contribution in [3.8, 4) is 11.5 Å². The molecule has 2 atom stereocenters. The first-order chi connectivity index (χ1) is 32.0. The maximum absolute atomic E-state index is 14.2. The average Bonchev–Trinajstić information content (AvgIpc) is 3.55. The fourth-order valence-corrected chi connectivity index (χ4v) is 7.49. The van der Waals surface area contributed by atoms with Crippen molar-refractivity contribution in [3.05, 3.63) is 100 Å². The van der Waals surface area contributed by atoms with Crippen LogP contribution in [0.2, 0.25) is 10.0 Å². The third-order valence-electron chi connectivity index (χ3n) is 7.82. The number of aliphatic carboxylic acids is 2. The van der Waals surface area contributed by atoms with Crippen molar-refractivity contribution in [3.63, 3.8) is 0 Å². The van der Waals surface area contributed by atoms with E-state index < -0.39 is 84.1 Å². The predicted octanol–water partition coefficient (Wildman–Crippen LogP) is 6.53. The number of rotatable bonds is 15. The molecular formula is C39H44Cl2F4N5O15PS3. The van der Waals surface area contributed by atoms with Crippen LogP contribution in [0.15, 0.2) is 63.2 Å². The minimum atomic E-state index is -4.61. The molecule has 380 valence electrons. The van der Waals surface area contributed by atoms with Gasteiger partial charge in [-0.05, 0) is 85.3 Å². The maximum Gasteiger partial charge on any atom is 0.416 e. The van der Waals surface area contributed by atoms with E-state index in [4.69, 9.17) is 52.5 Å². The lowest BCUT2D eigenvalue weighted by molar-refractivity contribution is -0.385. The topological polar surface area (TPSA) is 291 Å². The van der Waals surface area contributed by atoms with Gasteiger partial charge in [0.1, 0.15) is 36.2 Å². The Bertz CT molecular complexity index is 2640. The van der Waals surface area contributed by atoms with Crippen molar-refractivity contribution in [1.82, 2.24) is 14.7 Å². The number of hydrogen-bond acceptors (Lipinski definition) is 16. The molecule has 0 spiro atoms. The van der Waals surface area contributed by atoms with E-state index in [1.807, 2.05) is 5.32 Å². The molecule has 30 heteroatoms. The molecule has 4 N–H and O–H groups in total. The van der Waals surface area contributed by atoms with Gasteiger partial charge in [0.2, 0.25) is 4.80 Å². The van der Waals surface area contributed by atoms with Crippen LogP contribution in [-0.2, 0) is 58.6 Å². The van der Waals surface area contributed by atoms with E-state index in [1.165, 1.54) is 13.0 Å². The smallest absolute Gasteiger partial charge is 0.416 e. The van der Waals surface area contributed by atoms with Gasteiger partial charge in [-0.25, -0.2) is 23.7 Å². The number of halogens is 6. The van der Waals surface area contributed by atoms with Crippen LogP contribution in [0.5, 0.6) is 11.5 Å². The number of carboxylic acids is 2. The minimum absolute atomic E-state index is 0.0370. The van der Waals surface area contributed by atoms with Crippen LogP contribution in [0.25, 0.3) is 0 Å². The van der Waals surface area contributed by atoms with Crippen molar-refractivity contribution in [2.45, 2.75) is 57.0 Å². The SMILES string of the molecule is CCOC(=O)C(C)OC(=O)c1cc(Oc2ccc(C(F)(F)F)cc2Cl)ccc1[N+](=O)[O-].C[S+](C)C.O=C(O)CNCP(=O)([O-])O.O=C(O)CSc1cc(N=c2sc(=O)n3n2CCCC3)c(F)cc1Cl. The predicted molar refractivity (Wildman–Crippen MR) is 247 cm³/mol. The first-order valence-corrected chi connectivity index (χ1v) is 26.2. The molecule has 1 aromatic heterocycles. The zero-order valence-electron chi connectivity index (χ0n) is 36.8. The summed E-state index contributed by atoms with van der Waals surface area (Å²) >= 11 is 13.7. The highest BCUT2D eigenvalue weighted by atomic mass is 35.5. The van der Waals surface area contributed by atoms with E-state index in [0.29, 0.717) is 39.7 Å². The second-order valence-electron chi connectivity index (χ2n) is 14.0. The Balaban J connectivity index is 0.000000378. The van der Waals surface area contributed by atoms with Crippen LogP contribution in [-0.4, -0.2) is 103 Å². The zero-order valence-corrected chi connectivity index (χ0v) is 41.7. The van der Waals surface area contributed by atoms with Gasteiger partial charge < -0.3 is 38.8 Å². The first kappa shape index (κ1) is 60.1. The number of nitro benzene ring substituents is 1. The van der Waals surface area contributed by atoms with E-state index >= 15 is 0 Å². The van der Waals surface area contributed by atoms with Crippen LogP contribution in [0.1, 0.15) is 42.6 Å². The molecule has 0 amide bonds. The molecule has 0 saturated heterocycles. The molecule has 0 fully saturated rings. The fraction of sp³-hybridized carbons (Fsp3) is 0.385. The minimum Gasteiger partial charge on any atom is -0.778 e. The lowest BCUT2D eigenvalue weighted by Crippen LogP contribution is -2.31. The summed E-state index contributed by atoms with van der Waals surface area (Å²) in [6, 6.07) is 7.90. The van der Waals surface area contributed by atoms with E-state index in [1.54, 1.807) is 16.3 Å². The third-order valence-corrected chi connectivity index (χ3v) is 11.1. The standard InChI is InChI=1S/C19H15ClF3NO7.C14H13ClFN3O3S2.C3H8NO5P.C3H9S/c1-3-29-17(25)10(2)30-18(26)13-9-12(5-6-15(13)24(27)28)31-16-7-4-11(8-14(16)20)19(21,22)23;15-8-5-9(16)10(6-11(8)23-7-12(20)21)17-13-18-3-1-2-4-19(18)14(22)24-13;5-3(6)1-4-2-10(7,8)9;1-4(2)3/h4-10H,3H2,1-2H3;5-6H,1-4,7H2,(H,20,21);4H,1-2H2,(H,5,6)(H2,7,8,9);1-3H3/q;;;+1/p-1. The molecule has 0 radical (unpaired) electrons. The van der Waals surface area contributed by atoms with Gasteiger partial charge in [-0.15, -0.1) is 11.8 Å². The van der Waals surface area contributed by atoms with Crippen LogP contribution in [0.3, 0.4) is 0 Å². The summed E-state index contributed by atoms with van der Waals surface area (Å²) in [6.07, 6.45) is 1.80. The highest BCUT2D eigenvalue weighted by Crippen LogP contribution is 2.38. The van der Waals surface area contributed by atoms with Gasteiger partial charge in [-0.3, -0.25) is 34.5 Å². The van der Waals surface area contributed by atoms with Gasteiger partial charge in [-0.2, -0.15) is 13.2 Å². The summed E-state index contributed by atoms with van der Waals surface area (Å²) in [6.45, 7) is 3.63. The van der Waals surface area contributed by atoms with Crippen molar-refractivity contribution in [2.24, 2.45) is 4.99 Å². The second kappa shape index (κ2) is 28.0. The highest BCUT2D eigenvalue weighted by molar-refractivity contribution is 8.00. The van der Waals surface area contributed by atoms with Gasteiger partial charge in [-0.1, -0.05) is 23.2 Å². The molecule has 0 bridgehead atoms. The Labute approximate surface area is 410 Å². The summed E-state index contributed by atoms with van der Waals surface area (Å²) in [4.78, 5) is 89.8. The summed E-state index contributed by atoms with van der Waals surface area (Å²) in [5.41, 5.74) is -2.13. The summed E-state index contributed by atoms with van der Waals surface area (Å²) in [7, 11) is -3.71. The molecule has 2 heterocycles. The molecule has 4 aromatic rings. The van der Waals surface area contributed by atoms with Gasteiger partial charge in [0.15, 0.2) is 6.10 Å². The van der Waals surface area contributed by atoms with Gasteiger partial charge in [0.25, 0.3) is 5.69 Å². The molecule has 3 aromatic carbocycles. The van der Waals surface area contributed by atoms with Crippen LogP contribution in [0.4, 0.5) is 28.9 Å². The Hall–Kier alpha value is -4.99. The van der Waals surface area contributed by atoms with E-state index in [-0.39, 0.29) is 44.5 Å². The number of thioether (sulfide) groups is 1. The number of carbonyl (C=O) groups is 4. The van der Waals surface area contributed by atoms with Crippen molar-refractivity contribution in [1.29, 1.82) is 0 Å². The van der Waals surface area contributed by atoms with Gasteiger partial charge in [0.05, 0.1) is 64.5 Å². The number of aromatic nitrogens is 2. The maximum atomic E-state index is 14.2. The number of nitrogens with zero attached hydrogens (tertiary/aromatic N) is 4. The Kier molecular flexibility index (Phi) is 24.4. The zero-order chi connectivity index (χ0) is 52.4. The quantitative estimate of drug-likeness (QED) is 0.0187. The van der Waals surface area contributed by atoms with E-state index in [0.717, 1.165) is 72.3 Å². The molecular weight excluding hydrogens is 1050 g/mol. The molecule has 0 saturated carbocycles. The lowest BCUT2D eigenvalue weighted by Gasteiger charge is -2.15.